The van der Waals surface area contributed by atoms with Crippen molar-refractivity contribution in [1.29, 1.82) is 0 Å². The molecule has 2 heterocycles. The lowest BCUT2D eigenvalue weighted by Crippen LogP contribution is -2.33. The van der Waals surface area contributed by atoms with Gasteiger partial charge in [-0.3, -0.25) is 4.90 Å². The van der Waals surface area contributed by atoms with Crippen LogP contribution < -0.4 is 5.32 Å². The Balaban J connectivity index is 0.00000181. The minimum atomic E-state index is 0. The molecular weight excluding hydrogens is 455 g/mol. The normalized spacial score (nSPS) is 13.8. The van der Waals surface area contributed by atoms with Gasteiger partial charge >= 0.3 is 0 Å². The van der Waals surface area contributed by atoms with E-state index in [0.29, 0.717) is 0 Å². The summed E-state index contributed by atoms with van der Waals surface area (Å²) in [5.41, 5.74) is 4.86. The number of piperidine rings is 1. The van der Waals surface area contributed by atoms with Gasteiger partial charge in [0.05, 0.1) is 5.69 Å². The molecular formula is C26H36Cl2N4O. The molecule has 1 saturated heterocycles. The molecule has 2 aromatic carbocycles. The van der Waals surface area contributed by atoms with Crippen molar-refractivity contribution in [1.82, 2.24) is 15.1 Å². The second-order valence-electron chi connectivity index (χ2n) is 8.24. The van der Waals surface area contributed by atoms with Crippen molar-refractivity contribution >= 4 is 30.6 Å². The smallest absolute Gasteiger partial charge is 0.148 e. The number of likely N-dealkylation sites (tertiary alicyclic amines) is 1. The fraction of sp³-hybridized carbons (Fsp3) is 0.385. The summed E-state index contributed by atoms with van der Waals surface area (Å²) in [6.45, 7) is 6.61. The number of aryl methyl sites for hydroxylation is 1. The number of anilines is 1. The minimum absolute atomic E-state index is 0. The predicted molar refractivity (Wildman–Crippen MR) is 143 cm³/mol. The molecule has 4 rings (SSSR count). The van der Waals surface area contributed by atoms with Gasteiger partial charge < -0.3 is 10.8 Å². The second-order valence-corrected chi connectivity index (χ2v) is 8.24. The average Bonchev–Trinajstić information content (AvgIpc) is 2.81. The van der Waals surface area contributed by atoms with Gasteiger partial charge in [-0.15, -0.1) is 35.0 Å². The van der Waals surface area contributed by atoms with E-state index in [9.17, 15) is 0 Å². The van der Waals surface area contributed by atoms with E-state index < -0.39 is 0 Å². The molecule has 1 aliphatic heterocycles. The van der Waals surface area contributed by atoms with Crippen molar-refractivity contribution in [2.75, 3.05) is 25.0 Å². The zero-order chi connectivity index (χ0) is 20.6. The lowest BCUT2D eigenvalue weighted by molar-refractivity contribution is 0.174. The van der Waals surface area contributed by atoms with Gasteiger partial charge in [0.1, 0.15) is 5.82 Å². The molecule has 0 unspecified atom stereocenters. The van der Waals surface area contributed by atoms with Crippen molar-refractivity contribution in [2.24, 2.45) is 5.92 Å². The first-order valence-electron chi connectivity index (χ1n) is 11.2. The van der Waals surface area contributed by atoms with Crippen molar-refractivity contribution < 1.29 is 5.48 Å². The standard InChI is InChI=1S/C26H32N4.2ClH.H2O/c1-2-23-10-6-7-11-24(23)25-12-13-26(29-28-25)27-17-14-21-15-18-30(19-16-21)20-22-8-4-3-5-9-22;;;/h3-13,21H,2,14-20H2,1H3,(H,27,29);2*1H;1H2. The van der Waals surface area contributed by atoms with Gasteiger partial charge in [0, 0.05) is 18.7 Å². The molecule has 0 bridgehead atoms. The molecule has 0 spiro atoms. The maximum Gasteiger partial charge on any atom is 0.148 e. The highest BCUT2D eigenvalue weighted by Crippen LogP contribution is 2.23. The van der Waals surface area contributed by atoms with Crippen molar-refractivity contribution in [3.63, 3.8) is 0 Å². The molecule has 7 heteroatoms. The van der Waals surface area contributed by atoms with Gasteiger partial charge in [-0.05, 0) is 68.0 Å². The molecule has 0 aliphatic carbocycles. The highest BCUT2D eigenvalue weighted by molar-refractivity contribution is 5.85. The molecule has 1 aromatic heterocycles. The Hall–Kier alpha value is -2.18. The lowest BCUT2D eigenvalue weighted by Gasteiger charge is -2.32. The molecule has 1 fully saturated rings. The first-order chi connectivity index (χ1) is 14.8. The number of nitrogens with one attached hydrogen (secondary N) is 1. The van der Waals surface area contributed by atoms with Crippen molar-refractivity contribution in [3.8, 4) is 11.3 Å². The highest BCUT2D eigenvalue weighted by atomic mass is 35.5. The summed E-state index contributed by atoms with van der Waals surface area (Å²) in [5, 5.41) is 12.3. The molecule has 5 nitrogen and oxygen atoms in total. The first-order valence-corrected chi connectivity index (χ1v) is 11.2. The summed E-state index contributed by atoms with van der Waals surface area (Å²) < 4.78 is 0. The van der Waals surface area contributed by atoms with Crippen molar-refractivity contribution in [3.05, 3.63) is 77.9 Å². The summed E-state index contributed by atoms with van der Waals surface area (Å²) in [6.07, 6.45) is 4.77. The zero-order valence-corrected chi connectivity index (χ0v) is 20.9. The van der Waals surface area contributed by atoms with Gasteiger partial charge in [-0.25, -0.2) is 0 Å². The van der Waals surface area contributed by atoms with Crippen LogP contribution in [0.2, 0.25) is 0 Å². The van der Waals surface area contributed by atoms with Gasteiger partial charge in [0.15, 0.2) is 0 Å². The number of benzene rings is 2. The van der Waals surface area contributed by atoms with Gasteiger partial charge in [-0.2, -0.15) is 0 Å². The van der Waals surface area contributed by atoms with Crippen LogP contribution in [0.1, 0.15) is 37.3 Å². The Morgan fingerprint density at radius 3 is 2.24 bits per heavy atom. The Morgan fingerprint density at radius 2 is 1.58 bits per heavy atom. The summed E-state index contributed by atoms with van der Waals surface area (Å²) in [6, 6.07) is 23.4. The average molecular weight is 492 g/mol. The van der Waals surface area contributed by atoms with E-state index in [1.165, 1.54) is 49.0 Å². The third-order valence-electron chi connectivity index (χ3n) is 6.15. The summed E-state index contributed by atoms with van der Waals surface area (Å²) in [5.74, 6) is 1.67. The third-order valence-corrected chi connectivity index (χ3v) is 6.15. The SMILES string of the molecule is CCc1ccccc1-c1ccc(NCCC2CCN(Cc3ccccc3)CC2)nn1.Cl.Cl.O. The van der Waals surface area contributed by atoms with E-state index in [1.807, 2.05) is 0 Å². The molecule has 3 aromatic rings. The molecule has 180 valence electrons. The van der Waals surface area contributed by atoms with Crippen molar-refractivity contribution in [2.45, 2.75) is 39.2 Å². The van der Waals surface area contributed by atoms with Crippen LogP contribution in [0.5, 0.6) is 0 Å². The van der Waals surface area contributed by atoms with E-state index in [4.69, 9.17) is 0 Å². The molecule has 33 heavy (non-hydrogen) atoms. The minimum Gasteiger partial charge on any atom is -0.412 e. The topological polar surface area (TPSA) is 72.5 Å². The Morgan fingerprint density at radius 1 is 0.879 bits per heavy atom. The quantitative estimate of drug-likeness (QED) is 0.456. The predicted octanol–water partition coefficient (Wildman–Crippen LogP) is 5.44. The summed E-state index contributed by atoms with van der Waals surface area (Å²) in [7, 11) is 0. The third kappa shape index (κ3) is 8.27. The van der Waals surface area contributed by atoms with E-state index in [0.717, 1.165) is 36.9 Å². The number of nitrogens with zero attached hydrogens (tertiary/aromatic N) is 3. The molecule has 0 saturated carbocycles. The largest absolute Gasteiger partial charge is 0.412 e. The summed E-state index contributed by atoms with van der Waals surface area (Å²) in [4.78, 5) is 2.58. The Labute approximate surface area is 210 Å². The molecule has 0 amide bonds. The number of aromatic nitrogens is 2. The van der Waals surface area contributed by atoms with Crippen LogP contribution in [0.15, 0.2) is 66.7 Å². The Kier molecular flexibility index (Phi) is 13.0. The maximum absolute atomic E-state index is 4.45. The van der Waals surface area contributed by atoms with E-state index in [2.05, 4.69) is 94.1 Å². The number of hydrogen-bond acceptors (Lipinski definition) is 4. The van der Waals surface area contributed by atoms with E-state index in [-0.39, 0.29) is 30.3 Å². The van der Waals surface area contributed by atoms with E-state index in [1.54, 1.807) is 0 Å². The van der Waals surface area contributed by atoms with Crippen LogP contribution in [0.4, 0.5) is 5.82 Å². The molecule has 0 radical (unpaired) electrons. The zero-order valence-electron chi connectivity index (χ0n) is 19.2. The van der Waals surface area contributed by atoms with Crippen LogP contribution in [0, 0.1) is 5.92 Å². The van der Waals surface area contributed by atoms with E-state index >= 15 is 0 Å². The summed E-state index contributed by atoms with van der Waals surface area (Å²) >= 11 is 0. The monoisotopic (exact) mass is 490 g/mol. The van der Waals surface area contributed by atoms with Gasteiger partial charge in [-0.1, -0.05) is 61.5 Å². The fourth-order valence-corrected chi connectivity index (χ4v) is 4.33. The fourth-order valence-electron chi connectivity index (χ4n) is 4.33. The van der Waals surface area contributed by atoms with Gasteiger partial charge in [0.25, 0.3) is 0 Å². The van der Waals surface area contributed by atoms with Crippen LogP contribution >= 0.6 is 24.8 Å². The lowest BCUT2D eigenvalue weighted by atomic mass is 9.93. The molecule has 3 N–H and O–H groups in total. The van der Waals surface area contributed by atoms with Crippen LogP contribution in [0.3, 0.4) is 0 Å². The van der Waals surface area contributed by atoms with Crippen LogP contribution in [0.25, 0.3) is 11.3 Å². The molecule has 1 aliphatic rings. The number of halogens is 2. The second kappa shape index (κ2) is 14.9. The highest BCUT2D eigenvalue weighted by Gasteiger charge is 2.19. The van der Waals surface area contributed by atoms with Gasteiger partial charge in [0.2, 0.25) is 0 Å². The maximum atomic E-state index is 4.45. The Bertz CT molecular complexity index is 917. The molecule has 0 atom stereocenters. The van der Waals surface area contributed by atoms with Crippen LogP contribution in [-0.2, 0) is 13.0 Å². The first kappa shape index (κ1) is 28.9. The number of rotatable bonds is 8. The number of hydrogen-bond donors (Lipinski definition) is 1. The van der Waals surface area contributed by atoms with Crippen LogP contribution in [-0.4, -0.2) is 40.2 Å².